The fourth-order valence-electron chi connectivity index (χ4n) is 2.97. The van der Waals surface area contributed by atoms with Crippen molar-refractivity contribution in [2.45, 2.75) is 65.3 Å². The largest absolute Gasteiger partial charge is 0.337 e. The molecule has 1 N–H and O–H groups in total. The summed E-state index contributed by atoms with van der Waals surface area (Å²) in [5.41, 5.74) is 1.50. The van der Waals surface area contributed by atoms with E-state index in [1.54, 1.807) is 0 Å². The summed E-state index contributed by atoms with van der Waals surface area (Å²) in [4.78, 5) is 3.22. The zero-order chi connectivity index (χ0) is 13.3. The Balaban J connectivity index is 2.14. The summed E-state index contributed by atoms with van der Waals surface area (Å²) < 4.78 is 3.22. The molecule has 0 amide bonds. The van der Waals surface area contributed by atoms with E-state index in [-0.39, 0.29) is 5.41 Å². The number of rotatable bonds is 2. The van der Waals surface area contributed by atoms with Crippen molar-refractivity contribution in [3.05, 3.63) is 16.7 Å². The molecule has 1 aliphatic rings. The lowest BCUT2D eigenvalue weighted by Crippen LogP contribution is -2.23. The van der Waals surface area contributed by atoms with E-state index in [1.807, 2.05) is 0 Å². The van der Waals surface area contributed by atoms with E-state index in [0.29, 0.717) is 0 Å². The summed E-state index contributed by atoms with van der Waals surface area (Å²) in [6.45, 7) is 10.2. The smallest absolute Gasteiger partial charge is 0.177 e. The number of H-pyrrole nitrogens is 1. The number of nitrogens with one attached hydrogen (secondary N) is 1. The van der Waals surface area contributed by atoms with Gasteiger partial charge >= 0.3 is 0 Å². The van der Waals surface area contributed by atoms with Crippen molar-refractivity contribution in [3.8, 4) is 0 Å². The zero-order valence-corrected chi connectivity index (χ0v) is 12.9. The Hall–Kier alpha value is -0.570. The highest BCUT2D eigenvalue weighted by molar-refractivity contribution is 7.71. The minimum absolute atomic E-state index is 0.162. The van der Waals surface area contributed by atoms with E-state index in [9.17, 15) is 0 Å². The molecule has 1 aliphatic carbocycles. The first-order chi connectivity index (χ1) is 8.38. The summed E-state index contributed by atoms with van der Waals surface area (Å²) in [5, 5.41) is 0. The van der Waals surface area contributed by atoms with E-state index in [1.165, 1.54) is 31.4 Å². The molecule has 0 aromatic carbocycles. The van der Waals surface area contributed by atoms with Crippen molar-refractivity contribution in [2.75, 3.05) is 0 Å². The molecule has 0 saturated heterocycles. The highest BCUT2D eigenvalue weighted by Gasteiger charge is 2.23. The Morgan fingerprint density at radius 2 is 1.89 bits per heavy atom. The fraction of sp³-hybridized carbons (Fsp3) is 0.800. The molecule has 0 bridgehead atoms. The Morgan fingerprint density at radius 1 is 1.28 bits per heavy atom. The molecule has 0 spiro atoms. The van der Waals surface area contributed by atoms with Crippen LogP contribution in [0.1, 0.15) is 59.1 Å². The molecule has 102 valence electrons. The van der Waals surface area contributed by atoms with Crippen molar-refractivity contribution in [2.24, 2.45) is 11.8 Å². The molecule has 1 fully saturated rings. The van der Waals surface area contributed by atoms with Crippen LogP contribution in [0.4, 0.5) is 0 Å². The number of hydrogen-bond donors (Lipinski definition) is 1. The third-order valence-corrected chi connectivity index (χ3v) is 4.55. The van der Waals surface area contributed by atoms with Gasteiger partial charge in [-0.2, -0.15) is 0 Å². The second-order valence-electron chi connectivity index (χ2n) is 6.97. The third kappa shape index (κ3) is 3.05. The van der Waals surface area contributed by atoms with Gasteiger partial charge in [-0.3, -0.25) is 0 Å². The van der Waals surface area contributed by atoms with Gasteiger partial charge in [-0.15, -0.1) is 0 Å². The standard InChI is InChI=1S/C15H26N2S/c1-11-5-7-12(8-6-11)10-17-13(15(2,3)4)9-16-14(17)18/h9,11-12H,5-8,10H2,1-4H3,(H,16,18). The topological polar surface area (TPSA) is 20.7 Å². The fourth-order valence-corrected chi connectivity index (χ4v) is 3.20. The number of aromatic amines is 1. The van der Waals surface area contributed by atoms with Crippen LogP contribution in [0.15, 0.2) is 6.20 Å². The zero-order valence-electron chi connectivity index (χ0n) is 12.1. The van der Waals surface area contributed by atoms with E-state index >= 15 is 0 Å². The second kappa shape index (κ2) is 5.20. The van der Waals surface area contributed by atoms with Gasteiger partial charge in [0.2, 0.25) is 0 Å². The first-order valence-corrected chi connectivity index (χ1v) is 7.57. The summed E-state index contributed by atoms with van der Waals surface area (Å²) in [5.74, 6) is 1.73. The third-order valence-electron chi connectivity index (χ3n) is 4.21. The van der Waals surface area contributed by atoms with Gasteiger partial charge in [-0.05, 0) is 36.9 Å². The van der Waals surface area contributed by atoms with Crippen LogP contribution in [-0.2, 0) is 12.0 Å². The number of nitrogens with zero attached hydrogens (tertiary/aromatic N) is 1. The van der Waals surface area contributed by atoms with Gasteiger partial charge in [0, 0.05) is 23.9 Å². The average Bonchev–Trinajstić information content (AvgIpc) is 2.63. The predicted octanol–water partition coefficient (Wildman–Crippen LogP) is 4.67. The molecule has 0 aliphatic heterocycles. The highest BCUT2D eigenvalue weighted by atomic mass is 32.1. The molecular weight excluding hydrogens is 240 g/mol. The lowest BCUT2D eigenvalue weighted by molar-refractivity contribution is 0.259. The van der Waals surface area contributed by atoms with Gasteiger partial charge in [0.25, 0.3) is 0 Å². The number of imidazole rings is 1. The molecule has 1 aromatic rings. The van der Waals surface area contributed by atoms with Crippen molar-refractivity contribution in [1.82, 2.24) is 9.55 Å². The van der Waals surface area contributed by atoms with Crippen molar-refractivity contribution >= 4 is 12.2 Å². The van der Waals surface area contributed by atoms with Gasteiger partial charge < -0.3 is 9.55 Å². The van der Waals surface area contributed by atoms with Crippen molar-refractivity contribution in [1.29, 1.82) is 0 Å². The normalized spacial score (nSPS) is 25.3. The van der Waals surface area contributed by atoms with Crippen LogP contribution in [0.5, 0.6) is 0 Å². The molecule has 2 rings (SSSR count). The molecule has 1 heterocycles. The maximum atomic E-state index is 5.44. The Morgan fingerprint density at radius 3 is 2.44 bits per heavy atom. The van der Waals surface area contributed by atoms with Crippen LogP contribution in [0, 0.1) is 16.6 Å². The molecule has 1 saturated carbocycles. The molecule has 2 nitrogen and oxygen atoms in total. The number of aromatic nitrogens is 2. The van der Waals surface area contributed by atoms with Crippen LogP contribution in [0.2, 0.25) is 0 Å². The monoisotopic (exact) mass is 266 g/mol. The first kappa shape index (κ1) is 13.9. The van der Waals surface area contributed by atoms with Gasteiger partial charge in [0.05, 0.1) is 0 Å². The SMILES string of the molecule is CC1CCC(Cn2c(C(C)(C)C)c[nH]c2=S)CC1. The van der Waals surface area contributed by atoms with E-state index in [4.69, 9.17) is 12.2 Å². The lowest BCUT2D eigenvalue weighted by atomic mass is 9.83. The van der Waals surface area contributed by atoms with Gasteiger partial charge in [-0.1, -0.05) is 40.5 Å². The van der Waals surface area contributed by atoms with Crippen molar-refractivity contribution in [3.63, 3.8) is 0 Å². The van der Waals surface area contributed by atoms with Crippen LogP contribution in [0.25, 0.3) is 0 Å². The maximum Gasteiger partial charge on any atom is 0.177 e. The summed E-state index contributed by atoms with van der Waals surface area (Å²) in [6, 6.07) is 0. The molecular formula is C15H26N2S. The summed E-state index contributed by atoms with van der Waals surface area (Å²) in [6.07, 6.45) is 7.57. The summed E-state index contributed by atoms with van der Waals surface area (Å²) >= 11 is 5.44. The summed E-state index contributed by atoms with van der Waals surface area (Å²) in [7, 11) is 0. The van der Waals surface area contributed by atoms with Crippen LogP contribution >= 0.6 is 12.2 Å². The van der Waals surface area contributed by atoms with Crippen LogP contribution in [0.3, 0.4) is 0 Å². The molecule has 1 aromatic heterocycles. The number of hydrogen-bond acceptors (Lipinski definition) is 1. The Bertz CT molecular complexity index is 442. The van der Waals surface area contributed by atoms with Crippen molar-refractivity contribution < 1.29 is 0 Å². The minimum Gasteiger partial charge on any atom is -0.337 e. The molecule has 0 atom stereocenters. The van der Waals surface area contributed by atoms with Gasteiger partial charge in [-0.25, -0.2) is 0 Å². The van der Waals surface area contributed by atoms with E-state index in [2.05, 4.69) is 43.4 Å². The molecule has 0 unspecified atom stereocenters. The Kier molecular flexibility index (Phi) is 4.00. The molecule has 18 heavy (non-hydrogen) atoms. The van der Waals surface area contributed by atoms with E-state index in [0.717, 1.165) is 23.2 Å². The quantitative estimate of drug-likeness (QED) is 0.771. The second-order valence-corrected chi connectivity index (χ2v) is 7.35. The van der Waals surface area contributed by atoms with Crippen LogP contribution in [-0.4, -0.2) is 9.55 Å². The lowest BCUT2D eigenvalue weighted by Gasteiger charge is -2.28. The predicted molar refractivity (Wildman–Crippen MR) is 79.4 cm³/mol. The highest BCUT2D eigenvalue weighted by Crippen LogP contribution is 2.31. The van der Waals surface area contributed by atoms with Crippen LogP contribution < -0.4 is 0 Å². The first-order valence-electron chi connectivity index (χ1n) is 7.16. The maximum absolute atomic E-state index is 5.44. The van der Waals surface area contributed by atoms with Gasteiger partial charge in [0.1, 0.15) is 0 Å². The Labute approximate surface area is 116 Å². The molecule has 3 heteroatoms. The van der Waals surface area contributed by atoms with Gasteiger partial charge in [0.15, 0.2) is 4.77 Å². The molecule has 0 radical (unpaired) electrons. The minimum atomic E-state index is 0.162. The average molecular weight is 266 g/mol. The van der Waals surface area contributed by atoms with E-state index < -0.39 is 0 Å².